The molecule has 5 N–H and O–H groups in total. The van der Waals surface area contributed by atoms with Crippen LogP contribution < -0.4 is 0 Å². The van der Waals surface area contributed by atoms with Crippen LogP contribution in [0.4, 0.5) is 12.9 Å². The number of halogens is 3. The van der Waals surface area contributed by atoms with Gasteiger partial charge in [0.05, 0.1) is 7.11 Å². The first-order valence-electron chi connectivity index (χ1n) is 17.1. The van der Waals surface area contributed by atoms with Crippen molar-refractivity contribution in [2.75, 3.05) is 98.2 Å². The number of aliphatic hydroxyl groups excluding tert-OH is 1. The zero-order valence-corrected chi connectivity index (χ0v) is 48.3. The molecule has 31 heteroatoms. The summed E-state index contributed by atoms with van der Waals surface area (Å²) in [6.45, 7) is 8.95. The third-order valence-corrected chi connectivity index (χ3v) is 21.0. The van der Waals surface area contributed by atoms with Gasteiger partial charge in [-0.1, -0.05) is 0 Å². The summed E-state index contributed by atoms with van der Waals surface area (Å²) in [5.41, 5.74) is 0. The molecule has 0 spiro atoms. The molecule has 0 aromatic carbocycles. The number of aliphatic hydroxyl groups is 1. The standard InChI is InChI=1S/C7H18O4SSi.C7H18O2SSi.C6H16O2SSi.C5H12F2O2SSi.C2H5O4S.C2H6O.FH.Mo.H2O2.H2O/c1-10-13(4,11-2)7-5-6-12(3,8)9;1-8-11(4,9-2)7-5-6-10-3;1-7-10(3,8-2)6-4-5-9;1-10(8,9)4-3-5-11(2,6)7;1-5-7(3,4)6-2;1-2-3;;;1-2;/h5-7H2,1-4H3;5-7H2,1-4H3;9H,4-6H2,1-3H3;3-5H2,1-2H3;1H2,2H3;3H,2H2,1H3;1H;;1-2H;1H2/q;;;;+1;;;;;. The van der Waals surface area contributed by atoms with E-state index in [1.165, 1.54) is 18.4 Å². The Hall–Kier alpha value is 1.29. The average molecular weight is 1140 g/mol. The Morgan fingerprint density at radius 3 is 1.10 bits per heavy atom. The summed E-state index contributed by atoms with van der Waals surface area (Å²) in [5.74, 6) is 2.20. The molecule has 60 heavy (non-hydrogen) atoms. The van der Waals surface area contributed by atoms with Crippen LogP contribution in [0.15, 0.2) is 0 Å². The van der Waals surface area contributed by atoms with Crippen molar-refractivity contribution >= 4 is 88.9 Å². The van der Waals surface area contributed by atoms with E-state index in [9.17, 15) is 33.5 Å². The van der Waals surface area contributed by atoms with E-state index in [0.29, 0.717) is 12.5 Å². The predicted octanol–water partition coefficient (Wildman–Crippen LogP) is 5.02. The third-order valence-electron chi connectivity index (χ3n) is 6.98. The second kappa shape index (κ2) is 49.7. The van der Waals surface area contributed by atoms with E-state index in [1.54, 1.807) is 49.6 Å². The first-order chi connectivity index (χ1) is 25.9. The molecule has 0 aromatic heterocycles. The van der Waals surface area contributed by atoms with E-state index in [1.807, 2.05) is 18.3 Å². The molecule has 0 aliphatic carbocycles. The van der Waals surface area contributed by atoms with Crippen molar-refractivity contribution in [2.45, 2.75) is 83.0 Å². The fraction of sp³-hybridized carbons (Fsp3) is 0.966. The van der Waals surface area contributed by atoms with Crippen molar-refractivity contribution in [1.29, 1.82) is 0 Å². The quantitative estimate of drug-likeness (QED) is 0.0199. The first kappa shape index (κ1) is 84.7. The van der Waals surface area contributed by atoms with E-state index in [2.05, 4.69) is 47.5 Å². The Balaban J connectivity index is -0.0000000631. The number of thioether (sulfide) groups is 1. The van der Waals surface area contributed by atoms with Gasteiger partial charge in [0.15, 0.2) is 0 Å². The molecule has 0 amide bonds. The Morgan fingerprint density at radius 2 is 0.917 bits per heavy atom. The average Bonchev–Trinajstić information content (AvgIpc) is 3.14. The largest absolute Gasteiger partial charge is 0.438 e. The Morgan fingerprint density at radius 1 is 0.650 bits per heavy atom. The van der Waals surface area contributed by atoms with Gasteiger partial charge < -0.3 is 37.1 Å². The van der Waals surface area contributed by atoms with Gasteiger partial charge in [-0.25, -0.2) is 21.0 Å². The molecule has 18 nitrogen and oxygen atoms in total. The number of hydrogen-bond donors (Lipinski definition) is 4. The van der Waals surface area contributed by atoms with Crippen LogP contribution in [0, 0.1) is 7.11 Å². The maximum Gasteiger partial charge on any atom is 0.438 e. The SMILES string of the molecule is CCO.CO[Si](C)(CCCS(C)(=O)=O)OC.CO[Si](C)(CCCS)OC.CO[Si](C)(CCCSC)OC.C[Si](F)(F)CCCS(C)(=O)=O.F.O.OO.[CH2+]OS(=O)(=O)OC.[Mo]. The molecule has 376 valence electrons. The molecule has 0 saturated heterocycles. The molecule has 0 radical (unpaired) electrons. The van der Waals surface area contributed by atoms with Gasteiger partial charge in [0, 0.05) is 94.3 Å². The maximum absolute atomic E-state index is 12.2. The number of hydrogen-bond acceptors (Lipinski definition) is 19. The molecule has 0 rings (SSSR count). The molecule has 0 bridgehead atoms. The van der Waals surface area contributed by atoms with E-state index in [0.717, 1.165) is 44.2 Å². The van der Waals surface area contributed by atoms with Crippen molar-refractivity contribution in [3.8, 4) is 0 Å². The van der Waals surface area contributed by atoms with Crippen molar-refractivity contribution in [3.05, 3.63) is 7.11 Å². The molecule has 0 aromatic rings. The summed E-state index contributed by atoms with van der Waals surface area (Å²) < 4.78 is 126. The van der Waals surface area contributed by atoms with Crippen LogP contribution in [0.3, 0.4) is 0 Å². The second-order valence-electron chi connectivity index (χ2n) is 12.1. The zero-order valence-electron chi connectivity index (χ0n) is 38.1. The van der Waals surface area contributed by atoms with Gasteiger partial charge in [0.1, 0.15) is 19.7 Å². The Labute approximate surface area is 389 Å². The van der Waals surface area contributed by atoms with Gasteiger partial charge in [0.2, 0.25) is 7.11 Å². The number of sulfone groups is 2. The maximum atomic E-state index is 12.2. The predicted molar refractivity (Wildman–Crippen MR) is 247 cm³/mol. The van der Waals surface area contributed by atoms with E-state index >= 15 is 0 Å². The van der Waals surface area contributed by atoms with E-state index in [-0.39, 0.29) is 61.8 Å². The van der Waals surface area contributed by atoms with Gasteiger partial charge in [0.25, 0.3) is 0 Å². The van der Waals surface area contributed by atoms with Gasteiger partial charge in [-0.15, -0.1) is 0 Å². The summed E-state index contributed by atoms with van der Waals surface area (Å²) in [7, 11) is -5.54. The summed E-state index contributed by atoms with van der Waals surface area (Å²) in [5, 5.41) is 19.6. The Kier molecular flexibility index (Phi) is 70.2. The monoisotopic (exact) mass is 1140 g/mol. The molecule has 0 fully saturated rings. The third kappa shape index (κ3) is 73.7. The van der Waals surface area contributed by atoms with Crippen LogP contribution in [0.1, 0.15) is 32.6 Å². The minimum absolute atomic E-state index is 0. The molecule has 0 unspecified atom stereocenters. The fourth-order valence-corrected chi connectivity index (χ4v) is 11.2. The summed E-state index contributed by atoms with van der Waals surface area (Å²) in [6.07, 6.45) is 7.41. The minimum Gasteiger partial charge on any atom is -0.412 e. The van der Waals surface area contributed by atoms with Crippen LogP contribution in [-0.4, -0.2) is 179 Å². The molecular formula is C29H80F3MoO18S5Si4+. The minimum atomic E-state index is -4.02. The van der Waals surface area contributed by atoms with Crippen molar-refractivity contribution in [1.82, 2.24) is 0 Å². The van der Waals surface area contributed by atoms with Crippen molar-refractivity contribution < 1.29 is 115 Å². The molecular weight excluding hydrogens is 1060 g/mol. The van der Waals surface area contributed by atoms with Crippen LogP contribution in [0.5, 0.6) is 0 Å². The van der Waals surface area contributed by atoms with E-state index < -0.39 is 64.5 Å². The van der Waals surface area contributed by atoms with Gasteiger partial charge >= 0.3 is 44.8 Å². The molecule has 0 aliphatic rings. The van der Waals surface area contributed by atoms with Crippen LogP contribution in [0.2, 0.25) is 50.4 Å². The van der Waals surface area contributed by atoms with Crippen LogP contribution >= 0.6 is 24.4 Å². The normalized spacial score (nSPS) is 11.3. The summed E-state index contributed by atoms with van der Waals surface area (Å²) >= 11 is 6.00. The second-order valence-corrected chi connectivity index (χ2v) is 32.8. The molecule has 0 heterocycles. The fourth-order valence-electron chi connectivity index (χ4n) is 3.15. The van der Waals surface area contributed by atoms with Gasteiger partial charge in [-0.3, -0.25) is 23.4 Å². The van der Waals surface area contributed by atoms with E-state index in [4.69, 9.17) is 42.2 Å². The van der Waals surface area contributed by atoms with Crippen LogP contribution in [0.25, 0.3) is 0 Å². The zero-order chi connectivity index (χ0) is 47.1. The van der Waals surface area contributed by atoms with Gasteiger partial charge in [-0.05, 0) is 105 Å². The smallest absolute Gasteiger partial charge is 0.412 e. The molecule has 0 saturated carbocycles. The summed E-state index contributed by atoms with van der Waals surface area (Å²) in [6, 6.07) is 2.62. The van der Waals surface area contributed by atoms with Crippen molar-refractivity contribution in [3.63, 3.8) is 0 Å². The topological polar surface area (TPSA) is 268 Å². The summed E-state index contributed by atoms with van der Waals surface area (Å²) in [4.78, 5) is 0. The number of thiol groups is 1. The number of rotatable bonds is 23. The Bertz CT molecular complexity index is 1180. The van der Waals surface area contributed by atoms with Crippen LogP contribution in [-0.2, 0) is 86.1 Å². The van der Waals surface area contributed by atoms with Crippen molar-refractivity contribution in [2.24, 2.45) is 0 Å². The molecule has 0 atom stereocenters. The molecule has 0 aliphatic heterocycles. The van der Waals surface area contributed by atoms with Gasteiger partial charge in [-0.2, -0.15) is 32.8 Å². The first-order valence-corrected chi connectivity index (χ1v) is 34.6.